The monoisotopic (exact) mass is 459 g/mol. The number of nitrogens with zero attached hydrogens (tertiary/aromatic N) is 4. The van der Waals surface area contributed by atoms with Gasteiger partial charge in [-0.1, -0.05) is 18.2 Å². The normalized spacial score (nSPS) is 18.7. The van der Waals surface area contributed by atoms with Crippen LogP contribution in [-0.4, -0.2) is 58.5 Å². The summed E-state index contributed by atoms with van der Waals surface area (Å²) in [6.45, 7) is 5.12. The van der Waals surface area contributed by atoms with Crippen LogP contribution >= 0.6 is 0 Å². The third-order valence-corrected chi connectivity index (χ3v) is 6.48. The summed E-state index contributed by atoms with van der Waals surface area (Å²) in [5.41, 5.74) is 1.39. The Morgan fingerprint density at radius 1 is 1.12 bits per heavy atom. The zero-order valence-corrected chi connectivity index (χ0v) is 19.5. The Labute approximate surface area is 199 Å². The highest BCUT2D eigenvalue weighted by molar-refractivity contribution is 5.84. The van der Waals surface area contributed by atoms with E-state index in [1.807, 2.05) is 73.5 Å². The zero-order chi connectivity index (χ0) is 23.7. The van der Waals surface area contributed by atoms with Gasteiger partial charge in [0.2, 0.25) is 5.91 Å². The Bertz CT molecular complexity index is 1190. The van der Waals surface area contributed by atoms with Gasteiger partial charge in [0.15, 0.2) is 12.4 Å². The predicted octanol–water partition coefficient (Wildman–Crippen LogP) is 2.72. The van der Waals surface area contributed by atoms with E-state index in [0.29, 0.717) is 25.3 Å². The van der Waals surface area contributed by atoms with Gasteiger partial charge in [-0.3, -0.25) is 9.59 Å². The Balaban J connectivity index is 1.44. The average molecular weight is 460 g/mol. The molecule has 2 amide bonds. The second kappa shape index (κ2) is 8.85. The number of rotatable bonds is 6. The van der Waals surface area contributed by atoms with Crippen LogP contribution in [0.1, 0.15) is 26.0 Å². The molecule has 2 aromatic heterocycles. The smallest absolute Gasteiger partial charge is 0.260 e. The first-order chi connectivity index (χ1) is 16.5. The van der Waals surface area contributed by atoms with Gasteiger partial charge in [0.05, 0.1) is 17.9 Å². The summed E-state index contributed by atoms with van der Waals surface area (Å²) in [4.78, 5) is 34.6. The van der Waals surface area contributed by atoms with E-state index in [1.165, 1.54) is 0 Å². The lowest BCUT2D eigenvalue weighted by atomic mass is 9.88. The molecule has 5 rings (SSSR count). The third-order valence-electron chi connectivity index (χ3n) is 6.48. The van der Waals surface area contributed by atoms with Gasteiger partial charge in [0.25, 0.3) is 5.91 Å². The number of aromatic nitrogens is 2. The highest BCUT2D eigenvalue weighted by atomic mass is 16.5. The van der Waals surface area contributed by atoms with Crippen LogP contribution in [0.15, 0.2) is 67.0 Å². The van der Waals surface area contributed by atoms with Gasteiger partial charge in [-0.25, -0.2) is 4.98 Å². The molecule has 34 heavy (non-hydrogen) atoms. The summed E-state index contributed by atoms with van der Waals surface area (Å²) in [6.07, 6.45) is 4.47. The van der Waals surface area contributed by atoms with Crippen molar-refractivity contribution in [2.75, 3.05) is 31.1 Å². The largest absolute Gasteiger partial charge is 0.484 e. The van der Waals surface area contributed by atoms with Crippen LogP contribution in [0.3, 0.4) is 0 Å². The fourth-order valence-corrected chi connectivity index (χ4v) is 5.04. The Kier molecular flexibility index (Phi) is 5.73. The summed E-state index contributed by atoms with van der Waals surface area (Å²) in [5.74, 6) is 1.34. The lowest BCUT2D eigenvalue weighted by molar-refractivity contribution is -0.132. The minimum Gasteiger partial charge on any atom is -0.484 e. The molecule has 0 bridgehead atoms. The van der Waals surface area contributed by atoms with E-state index >= 15 is 0 Å². The fraction of sp³-hybridized carbons (Fsp3) is 0.346. The SMILES string of the molecule is CC(C)NC(=O)CN1c2cccnc2-n2cccc2C12CCN(C(=O)COc1ccccc1)C2. The molecule has 0 radical (unpaired) electrons. The Morgan fingerprint density at radius 3 is 2.74 bits per heavy atom. The maximum Gasteiger partial charge on any atom is 0.260 e. The first kappa shape index (κ1) is 22.0. The van der Waals surface area contributed by atoms with Gasteiger partial charge in [-0.2, -0.15) is 0 Å². The lowest BCUT2D eigenvalue weighted by Crippen LogP contribution is -2.56. The molecule has 1 aromatic carbocycles. The molecule has 1 unspecified atom stereocenters. The minimum atomic E-state index is -0.531. The van der Waals surface area contributed by atoms with E-state index in [2.05, 4.69) is 25.8 Å². The number of para-hydroxylation sites is 1. The van der Waals surface area contributed by atoms with Gasteiger partial charge in [0.1, 0.15) is 11.3 Å². The quantitative estimate of drug-likeness (QED) is 0.613. The van der Waals surface area contributed by atoms with Crippen molar-refractivity contribution in [2.24, 2.45) is 0 Å². The van der Waals surface area contributed by atoms with Crippen LogP contribution in [-0.2, 0) is 15.1 Å². The molecule has 2 aliphatic heterocycles. The summed E-state index contributed by atoms with van der Waals surface area (Å²) in [7, 11) is 0. The van der Waals surface area contributed by atoms with Crippen LogP contribution in [0.5, 0.6) is 5.75 Å². The molecule has 1 atom stereocenters. The second-order valence-electron chi connectivity index (χ2n) is 9.12. The molecule has 1 N–H and O–H groups in total. The second-order valence-corrected chi connectivity index (χ2v) is 9.12. The summed E-state index contributed by atoms with van der Waals surface area (Å²) in [6, 6.07) is 17.3. The predicted molar refractivity (Wildman–Crippen MR) is 129 cm³/mol. The molecule has 0 aliphatic carbocycles. The number of hydrogen-bond acceptors (Lipinski definition) is 5. The maximum atomic E-state index is 13.1. The van der Waals surface area contributed by atoms with Crippen LogP contribution in [0, 0.1) is 0 Å². The van der Waals surface area contributed by atoms with E-state index < -0.39 is 5.54 Å². The molecular formula is C26H29N5O3. The standard InChI is InChI=1S/C26H29N5O3/c1-19(2)28-23(32)16-31-21-10-6-13-27-25(21)30-14-7-11-22(30)26(31)12-15-29(18-26)24(33)17-34-20-8-4-3-5-9-20/h3-11,13-14,19H,12,15-18H2,1-2H3,(H,28,32). The zero-order valence-electron chi connectivity index (χ0n) is 19.5. The molecule has 3 aromatic rings. The van der Waals surface area contributed by atoms with Crippen LogP contribution in [0.25, 0.3) is 5.82 Å². The Morgan fingerprint density at radius 2 is 1.94 bits per heavy atom. The van der Waals surface area contributed by atoms with Crippen molar-refractivity contribution >= 4 is 17.5 Å². The highest BCUT2D eigenvalue weighted by Gasteiger charge is 2.51. The number of amides is 2. The summed E-state index contributed by atoms with van der Waals surface area (Å²) < 4.78 is 7.80. The van der Waals surface area contributed by atoms with Crippen molar-refractivity contribution in [2.45, 2.75) is 31.8 Å². The van der Waals surface area contributed by atoms with E-state index in [-0.39, 0.29) is 31.0 Å². The van der Waals surface area contributed by atoms with E-state index in [9.17, 15) is 9.59 Å². The number of hydrogen-bond donors (Lipinski definition) is 1. The van der Waals surface area contributed by atoms with E-state index in [4.69, 9.17) is 4.74 Å². The molecule has 0 saturated carbocycles. The number of carbonyl (C=O) groups excluding carboxylic acids is 2. The highest BCUT2D eigenvalue weighted by Crippen LogP contribution is 2.46. The molecule has 8 heteroatoms. The van der Waals surface area contributed by atoms with Crippen molar-refractivity contribution in [1.82, 2.24) is 19.8 Å². The number of likely N-dealkylation sites (tertiary alicyclic amines) is 1. The molecule has 176 valence electrons. The third kappa shape index (κ3) is 3.89. The van der Waals surface area contributed by atoms with Gasteiger partial charge in [-0.05, 0) is 56.7 Å². The molecule has 1 spiro atoms. The number of fused-ring (bicyclic) bond motifs is 4. The molecule has 2 aliphatic rings. The first-order valence-electron chi connectivity index (χ1n) is 11.6. The molecular weight excluding hydrogens is 430 g/mol. The topological polar surface area (TPSA) is 79.7 Å². The van der Waals surface area contributed by atoms with Crippen molar-refractivity contribution in [3.63, 3.8) is 0 Å². The number of benzene rings is 1. The van der Waals surface area contributed by atoms with E-state index in [1.54, 1.807) is 6.20 Å². The van der Waals surface area contributed by atoms with Crippen molar-refractivity contribution in [3.8, 4) is 11.6 Å². The number of ether oxygens (including phenoxy) is 1. The van der Waals surface area contributed by atoms with Gasteiger partial charge in [-0.15, -0.1) is 0 Å². The van der Waals surface area contributed by atoms with Gasteiger partial charge in [0, 0.05) is 31.5 Å². The van der Waals surface area contributed by atoms with Crippen LogP contribution < -0.4 is 15.0 Å². The van der Waals surface area contributed by atoms with Gasteiger partial charge >= 0.3 is 0 Å². The molecule has 1 fully saturated rings. The lowest BCUT2D eigenvalue weighted by Gasteiger charge is -2.46. The summed E-state index contributed by atoms with van der Waals surface area (Å²) >= 11 is 0. The van der Waals surface area contributed by atoms with E-state index in [0.717, 1.165) is 17.2 Å². The minimum absolute atomic E-state index is 0.0208. The summed E-state index contributed by atoms with van der Waals surface area (Å²) in [5, 5.41) is 3.01. The number of anilines is 1. The van der Waals surface area contributed by atoms with Crippen LogP contribution in [0.2, 0.25) is 0 Å². The average Bonchev–Trinajstić information content (AvgIpc) is 3.50. The fourth-order valence-electron chi connectivity index (χ4n) is 5.04. The number of nitrogens with one attached hydrogen (secondary N) is 1. The van der Waals surface area contributed by atoms with Gasteiger partial charge < -0.3 is 24.4 Å². The number of pyridine rings is 1. The van der Waals surface area contributed by atoms with Crippen molar-refractivity contribution in [3.05, 3.63) is 72.7 Å². The van der Waals surface area contributed by atoms with Crippen LogP contribution in [0.4, 0.5) is 5.69 Å². The molecule has 4 heterocycles. The van der Waals surface area contributed by atoms with Crippen molar-refractivity contribution < 1.29 is 14.3 Å². The number of carbonyl (C=O) groups is 2. The Hall–Kier alpha value is -3.81. The molecule has 1 saturated heterocycles. The van der Waals surface area contributed by atoms with Crippen molar-refractivity contribution in [1.29, 1.82) is 0 Å². The molecule has 8 nitrogen and oxygen atoms in total. The first-order valence-corrected chi connectivity index (χ1v) is 11.6. The maximum absolute atomic E-state index is 13.1.